The van der Waals surface area contributed by atoms with Gasteiger partial charge in [-0.1, -0.05) is 18.1 Å². The molecule has 1 fully saturated rings. The number of nitrogens with zero attached hydrogens (tertiary/aromatic N) is 9. The molecule has 1 aromatic carbocycles. The summed E-state index contributed by atoms with van der Waals surface area (Å²) in [4.78, 5) is 30.0. The number of nitrogens with one attached hydrogen (secondary N) is 1. The van der Waals surface area contributed by atoms with E-state index in [-0.39, 0.29) is 29.9 Å². The number of aromatic hydroxyl groups is 1. The molecule has 0 bridgehead atoms. The zero-order valence-corrected chi connectivity index (χ0v) is 23.4. The zero-order valence-electron chi connectivity index (χ0n) is 23.4. The number of phenols is 1. The number of rotatable bonds is 5. The topological polar surface area (TPSA) is 164 Å². The van der Waals surface area contributed by atoms with E-state index < -0.39 is 0 Å². The first-order valence-electron chi connectivity index (χ1n) is 13.8. The molecular weight excluding hydrogens is 546 g/mol. The third-order valence-corrected chi connectivity index (χ3v) is 7.11. The lowest BCUT2D eigenvalue weighted by molar-refractivity contribution is 0.0953. The van der Waals surface area contributed by atoms with Crippen LogP contribution in [0.3, 0.4) is 0 Å². The monoisotopic (exact) mass is 575 g/mol. The van der Waals surface area contributed by atoms with Gasteiger partial charge >= 0.3 is 0 Å². The molecule has 4 aromatic heterocycles. The van der Waals surface area contributed by atoms with Gasteiger partial charge in [-0.15, -0.1) is 10.2 Å². The van der Waals surface area contributed by atoms with Crippen LogP contribution in [0.2, 0.25) is 0 Å². The van der Waals surface area contributed by atoms with Crippen LogP contribution in [0.4, 0.5) is 17.3 Å². The molecule has 13 nitrogen and oxygen atoms in total. The van der Waals surface area contributed by atoms with Crippen molar-refractivity contribution >= 4 is 28.9 Å². The summed E-state index contributed by atoms with van der Waals surface area (Å²) >= 11 is 0. The van der Waals surface area contributed by atoms with Gasteiger partial charge in [0.05, 0.1) is 17.9 Å². The Hall–Kier alpha value is -5.77. The molecule has 1 aliphatic rings. The molecular formula is C30H29N11O2. The molecule has 5 heterocycles. The molecule has 1 amide bonds. The third kappa shape index (κ3) is 5.98. The zero-order chi connectivity index (χ0) is 29.8. The van der Waals surface area contributed by atoms with Crippen LogP contribution in [0.5, 0.6) is 5.75 Å². The van der Waals surface area contributed by atoms with Crippen LogP contribution in [-0.4, -0.2) is 78.0 Å². The Balaban J connectivity index is 1.12. The van der Waals surface area contributed by atoms with Crippen molar-refractivity contribution in [2.24, 2.45) is 0 Å². The quantitative estimate of drug-likeness (QED) is 0.263. The Kier molecular flexibility index (Phi) is 7.64. The molecule has 5 aromatic rings. The lowest BCUT2D eigenvalue weighted by Crippen LogP contribution is -2.40. The van der Waals surface area contributed by atoms with E-state index >= 15 is 0 Å². The van der Waals surface area contributed by atoms with Crippen LogP contribution in [0.15, 0.2) is 67.1 Å². The number of benzene rings is 1. The molecule has 0 unspecified atom stereocenters. The van der Waals surface area contributed by atoms with Crippen LogP contribution >= 0.6 is 0 Å². The number of fused-ring (bicyclic) bond motifs is 1. The number of aromatic nitrogens is 7. The van der Waals surface area contributed by atoms with Crippen LogP contribution in [0.1, 0.15) is 29.7 Å². The van der Waals surface area contributed by atoms with Gasteiger partial charge in [0.1, 0.15) is 11.6 Å². The SMILES string of the molecule is C[C@H]1CN(c2cc(-c3ccccc3O)nnc2N)CCCN1c1ccnc(C#CCNC(=O)c2cc3ncccn3n2)n1. The van der Waals surface area contributed by atoms with Crippen LogP contribution in [-0.2, 0) is 0 Å². The average Bonchev–Trinajstić information content (AvgIpc) is 3.37. The second-order valence-electron chi connectivity index (χ2n) is 10.0. The summed E-state index contributed by atoms with van der Waals surface area (Å²) in [5.41, 5.74) is 9.05. The van der Waals surface area contributed by atoms with Crippen molar-refractivity contribution in [2.45, 2.75) is 19.4 Å². The molecule has 1 aliphatic heterocycles. The van der Waals surface area contributed by atoms with Crippen molar-refractivity contribution in [3.63, 3.8) is 0 Å². The van der Waals surface area contributed by atoms with Crippen molar-refractivity contribution in [3.8, 4) is 28.8 Å². The summed E-state index contributed by atoms with van der Waals surface area (Å²) < 4.78 is 1.54. The van der Waals surface area contributed by atoms with E-state index in [1.807, 2.05) is 18.2 Å². The first-order chi connectivity index (χ1) is 21.0. The van der Waals surface area contributed by atoms with Gasteiger partial charge in [0.2, 0.25) is 5.82 Å². The number of carbonyl (C=O) groups is 1. The van der Waals surface area contributed by atoms with E-state index in [4.69, 9.17) is 5.73 Å². The summed E-state index contributed by atoms with van der Waals surface area (Å²) in [5, 5.41) is 25.7. The Bertz CT molecular complexity index is 1810. The Morgan fingerprint density at radius 3 is 2.86 bits per heavy atom. The van der Waals surface area contributed by atoms with Gasteiger partial charge in [-0.25, -0.2) is 19.5 Å². The summed E-state index contributed by atoms with van der Waals surface area (Å²) in [6.45, 7) is 4.45. The highest BCUT2D eigenvalue weighted by molar-refractivity contribution is 5.93. The fourth-order valence-corrected chi connectivity index (χ4v) is 5.04. The van der Waals surface area contributed by atoms with E-state index in [2.05, 4.69) is 64.1 Å². The van der Waals surface area contributed by atoms with Gasteiger partial charge in [0, 0.05) is 55.9 Å². The molecule has 0 saturated carbocycles. The van der Waals surface area contributed by atoms with E-state index in [1.165, 1.54) is 0 Å². The number of phenolic OH excluding ortho intramolecular Hbond substituents is 1. The number of amides is 1. The number of hydrogen-bond acceptors (Lipinski definition) is 11. The van der Waals surface area contributed by atoms with Gasteiger partial charge in [-0.2, -0.15) is 5.10 Å². The molecule has 4 N–H and O–H groups in total. The number of anilines is 3. The van der Waals surface area contributed by atoms with Crippen molar-refractivity contribution in [2.75, 3.05) is 41.7 Å². The average molecular weight is 576 g/mol. The second-order valence-corrected chi connectivity index (χ2v) is 10.0. The minimum atomic E-state index is -0.338. The smallest absolute Gasteiger partial charge is 0.272 e. The van der Waals surface area contributed by atoms with Crippen molar-refractivity contribution in [3.05, 3.63) is 78.6 Å². The highest BCUT2D eigenvalue weighted by atomic mass is 16.3. The second kappa shape index (κ2) is 12.0. The molecule has 1 atom stereocenters. The van der Waals surface area contributed by atoms with Crippen LogP contribution in [0.25, 0.3) is 16.9 Å². The van der Waals surface area contributed by atoms with Crippen molar-refractivity contribution in [1.82, 2.24) is 40.1 Å². The molecule has 6 rings (SSSR count). The molecule has 0 aliphatic carbocycles. The molecule has 0 radical (unpaired) electrons. The summed E-state index contributed by atoms with van der Waals surface area (Å²) in [6.07, 6.45) is 5.91. The number of nitrogen functional groups attached to an aromatic ring is 1. The Morgan fingerprint density at radius 1 is 1.12 bits per heavy atom. The first kappa shape index (κ1) is 27.4. The molecule has 1 saturated heterocycles. The number of nitrogens with two attached hydrogens (primary N) is 1. The summed E-state index contributed by atoms with van der Waals surface area (Å²) in [5.74, 6) is 7.13. The van der Waals surface area contributed by atoms with Gasteiger partial charge in [-0.3, -0.25) is 4.79 Å². The normalized spacial score (nSPS) is 15.0. The van der Waals surface area contributed by atoms with Crippen LogP contribution in [0, 0.1) is 11.8 Å². The fourth-order valence-electron chi connectivity index (χ4n) is 5.04. The maximum Gasteiger partial charge on any atom is 0.272 e. The lowest BCUT2D eigenvalue weighted by atomic mass is 10.1. The minimum Gasteiger partial charge on any atom is -0.507 e. The predicted octanol–water partition coefficient (Wildman–Crippen LogP) is 2.15. The maximum atomic E-state index is 12.5. The van der Waals surface area contributed by atoms with E-state index in [0.29, 0.717) is 35.1 Å². The minimum absolute atomic E-state index is 0.0820. The van der Waals surface area contributed by atoms with Gasteiger partial charge in [0.25, 0.3) is 5.91 Å². The fraction of sp³-hybridized carbons (Fsp3) is 0.233. The van der Waals surface area contributed by atoms with Gasteiger partial charge < -0.3 is 26.0 Å². The van der Waals surface area contributed by atoms with E-state index in [9.17, 15) is 9.90 Å². The Morgan fingerprint density at radius 2 is 2.00 bits per heavy atom. The summed E-state index contributed by atoms with van der Waals surface area (Å²) in [6, 6.07) is 14.2. The van der Waals surface area contributed by atoms with Crippen molar-refractivity contribution in [1.29, 1.82) is 0 Å². The molecule has 0 spiro atoms. The predicted molar refractivity (Wildman–Crippen MR) is 161 cm³/mol. The number of hydrogen-bond donors (Lipinski definition) is 3. The molecule has 216 valence electrons. The molecule has 43 heavy (non-hydrogen) atoms. The molecule has 13 heteroatoms. The summed E-state index contributed by atoms with van der Waals surface area (Å²) in [7, 11) is 0. The standard InChI is InChI=1S/C30H29N11O2/c1-20-19-39(24-17-22(36-37-29(24)31)21-7-2-3-8-25(21)42)14-6-15-40(20)27-10-13-32-26(35-27)9-4-11-34-30(43)23-18-28-33-12-5-16-41(28)38-23/h2-3,5,7-8,10,12-13,16-18,20,42H,6,11,14-15,19H2,1H3,(H2,31,37)(H,34,43)/t20-/m0/s1. The highest BCUT2D eigenvalue weighted by Gasteiger charge is 2.25. The highest BCUT2D eigenvalue weighted by Crippen LogP contribution is 2.32. The number of para-hydroxylation sites is 1. The Labute approximate surface area is 247 Å². The van der Waals surface area contributed by atoms with Gasteiger partial charge in [0.15, 0.2) is 17.2 Å². The third-order valence-electron chi connectivity index (χ3n) is 7.11. The van der Waals surface area contributed by atoms with Gasteiger partial charge in [-0.05, 0) is 49.6 Å². The largest absolute Gasteiger partial charge is 0.507 e. The maximum absolute atomic E-state index is 12.5. The number of carbonyl (C=O) groups excluding carboxylic acids is 1. The van der Waals surface area contributed by atoms with E-state index in [0.717, 1.165) is 31.0 Å². The first-order valence-corrected chi connectivity index (χ1v) is 13.8. The van der Waals surface area contributed by atoms with Crippen molar-refractivity contribution < 1.29 is 9.90 Å². The van der Waals surface area contributed by atoms with Crippen LogP contribution < -0.4 is 20.9 Å². The van der Waals surface area contributed by atoms with E-state index in [1.54, 1.807) is 53.4 Å². The lowest BCUT2D eigenvalue weighted by Gasteiger charge is -2.31.